The van der Waals surface area contributed by atoms with Gasteiger partial charge in [0.1, 0.15) is 0 Å². The van der Waals surface area contributed by atoms with E-state index in [4.69, 9.17) is 16.0 Å². The monoisotopic (exact) mass is 355 g/mol. The lowest BCUT2D eigenvalue weighted by atomic mass is 10.1. The highest BCUT2D eigenvalue weighted by Gasteiger charge is 2.10. The van der Waals surface area contributed by atoms with Crippen LogP contribution >= 0.6 is 11.6 Å². The summed E-state index contributed by atoms with van der Waals surface area (Å²) in [6.07, 6.45) is 0.703. The van der Waals surface area contributed by atoms with Gasteiger partial charge in [-0.25, -0.2) is 0 Å². The van der Waals surface area contributed by atoms with Gasteiger partial charge in [-0.05, 0) is 36.8 Å². The molecule has 1 amide bonds. The fourth-order valence-corrected chi connectivity index (χ4v) is 2.41. The number of rotatable bonds is 6. The number of amides is 1. The van der Waals surface area contributed by atoms with Crippen LogP contribution < -0.4 is 5.32 Å². The molecule has 0 saturated heterocycles. The molecule has 0 aliphatic carbocycles. The van der Waals surface area contributed by atoms with Crippen LogP contribution in [0.15, 0.2) is 52.9 Å². The topological polar surface area (TPSA) is 68.0 Å². The van der Waals surface area contributed by atoms with Crippen molar-refractivity contribution in [3.63, 3.8) is 0 Å². The Morgan fingerprint density at radius 3 is 2.52 bits per heavy atom. The second kappa shape index (κ2) is 7.94. The first-order valence-corrected chi connectivity index (χ1v) is 8.38. The fraction of sp³-hybridized carbons (Fsp3) is 0.211. The van der Waals surface area contributed by atoms with Crippen LogP contribution in [0.5, 0.6) is 0 Å². The van der Waals surface area contributed by atoms with Crippen molar-refractivity contribution in [1.82, 2.24) is 15.5 Å². The standard InChI is InChI=1S/C19H18ClN3O2/c1-13-2-4-14(5-3-13)12-21-17(24)10-11-18-22-23-19(25-18)15-6-8-16(20)9-7-15/h2-9H,10-12H2,1H3,(H,21,24). The van der Waals surface area contributed by atoms with E-state index in [0.717, 1.165) is 11.1 Å². The first-order valence-electron chi connectivity index (χ1n) is 8.01. The summed E-state index contributed by atoms with van der Waals surface area (Å²) < 4.78 is 5.59. The largest absolute Gasteiger partial charge is 0.421 e. The average Bonchev–Trinajstić information content (AvgIpc) is 3.09. The van der Waals surface area contributed by atoms with Gasteiger partial charge in [0.25, 0.3) is 0 Å². The molecule has 1 aromatic heterocycles. The second-order valence-corrected chi connectivity index (χ2v) is 6.21. The molecule has 0 atom stereocenters. The molecule has 0 radical (unpaired) electrons. The number of hydrogen-bond acceptors (Lipinski definition) is 4. The lowest BCUT2D eigenvalue weighted by Gasteiger charge is -2.04. The van der Waals surface area contributed by atoms with Gasteiger partial charge in [0.2, 0.25) is 17.7 Å². The van der Waals surface area contributed by atoms with Crippen LogP contribution in [0.25, 0.3) is 11.5 Å². The first-order chi connectivity index (χ1) is 12.1. The van der Waals surface area contributed by atoms with E-state index in [0.29, 0.717) is 36.2 Å². The van der Waals surface area contributed by atoms with Gasteiger partial charge in [0.05, 0.1) is 0 Å². The Balaban J connectivity index is 1.49. The molecule has 1 N–H and O–H groups in total. The molecular weight excluding hydrogens is 338 g/mol. The molecule has 3 aromatic rings. The van der Waals surface area contributed by atoms with Crippen molar-refractivity contribution in [2.75, 3.05) is 0 Å². The Morgan fingerprint density at radius 2 is 1.80 bits per heavy atom. The molecule has 5 nitrogen and oxygen atoms in total. The van der Waals surface area contributed by atoms with Gasteiger partial charge < -0.3 is 9.73 Å². The van der Waals surface area contributed by atoms with Gasteiger partial charge in [-0.2, -0.15) is 0 Å². The number of hydrogen-bond donors (Lipinski definition) is 1. The Morgan fingerprint density at radius 1 is 1.08 bits per heavy atom. The molecule has 0 aliphatic rings. The van der Waals surface area contributed by atoms with Gasteiger partial charge >= 0.3 is 0 Å². The quantitative estimate of drug-likeness (QED) is 0.727. The van der Waals surface area contributed by atoms with Crippen molar-refractivity contribution in [1.29, 1.82) is 0 Å². The number of benzene rings is 2. The summed E-state index contributed by atoms with van der Waals surface area (Å²) in [5, 5.41) is 11.5. The van der Waals surface area contributed by atoms with E-state index in [1.807, 2.05) is 43.3 Å². The lowest BCUT2D eigenvalue weighted by Crippen LogP contribution is -2.23. The van der Waals surface area contributed by atoms with Crippen molar-refractivity contribution in [3.8, 4) is 11.5 Å². The van der Waals surface area contributed by atoms with Crippen molar-refractivity contribution >= 4 is 17.5 Å². The Bertz CT molecular complexity index is 842. The number of halogens is 1. The van der Waals surface area contributed by atoms with Crippen molar-refractivity contribution < 1.29 is 9.21 Å². The molecule has 2 aromatic carbocycles. The number of aryl methyl sites for hydroxylation is 2. The van der Waals surface area contributed by atoms with Gasteiger partial charge in [0, 0.05) is 30.0 Å². The normalized spacial score (nSPS) is 10.6. The molecule has 6 heteroatoms. The van der Waals surface area contributed by atoms with Crippen LogP contribution in [0.3, 0.4) is 0 Å². The molecule has 3 rings (SSSR count). The highest BCUT2D eigenvalue weighted by Crippen LogP contribution is 2.20. The van der Waals surface area contributed by atoms with E-state index in [-0.39, 0.29) is 5.91 Å². The maximum atomic E-state index is 12.0. The van der Waals surface area contributed by atoms with Gasteiger partial charge in [-0.15, -0.1) is 10.2 Å². The van der Waals surface area contributed by atoms with Crippen molar-refractivity contribution in [2.45, 2.75) is 26.3 Å². The molecule has 0 saturated carbocycles. The summed E-state index contributed by atoms with van der Waals surface area (Å²) in [5.41, 5.74) is 3.07. The van der Waals surface area contributed by atoms with E-state index in [1.165, 1.54) is 5.56 Å². The molecule has 0 fully saturated rings. The van der Waals surface area contributed by atoms with Crippen LogP contribution in [0.2, 0.25) is 5.02 Å². The minimum absolute atomic E-state index is 0.0492. The lowest BCUT2D eigenvalue weighted by molar-refractivity contribution is -0.121. The molecule has 0 spiro atoms. The third-order valence-electron chi connectivity index (χ3n) is 3.73. The Hall–Kier alpha value is -2.66. The first kappa shape index (κ1) is 17.2. The molecule has 0 bridgehead atoms. The van der Waals surface area contributed by atoms with Gasteiger partial charge in [-0.1, -0.05) is 41.4 Å². The molecule has 0 aliphatic heterocycles. The molecule has 0 unspecified atom stereocenters. The molecule has 1 heterocycles. The third-order valence-corrected chi connectivity index (χ3v) is 3.99. The highest BCUT2D eigenvalue weighted by atomic mass is 35.5. The van der Waals surface area contributed by atoms with Crippen LogP contribution in [0.1, 0.15) is 23.4 Å². The third kappa shape index (κ3) is 4.90. The zero-order valence-electron chi connectivity index (χ0n) is 13.8. The summed E-state index contributed by atoms with van der Waals surface area (Å²) in [6.45, 7) is 2.55. The summed E-state index contributed by atoms with van der Waals surface area (Å²) in [6, 6.07) is 15.2. The zero-order valence-corrected chi connectivity index (χ0v) is 14.6. The van der Waals surface area contributed by atoms with E-state index in [9.17, 15) is 4.79 Å². The second-order valence-electron chi connectivity index (χ2n) is 5.77. The number of carbonyl (C=O) groups excluding carboxylic acids is 1. The summed E-state index contributed by atoms with van der Waals surface area (Å²) in [7, 11) is 0. The van der Waals surface area contributed by atoms with Gasteiger partial charge in [-0.3, -0.25) is 4.79 Å². The zero-order chi connectivity index (χ0) is 17.6. The summed E-state index contributed by atoms with van der Waals surface area (Å²) in [4.78, 5) is 12.0. The maximum Gasteiger partial charge on any atom is 0.247 e. The smallest absolute Gasteiger partial charge is 0.247 e. The summed E-state index contributed by atoms with van der Waals surface area (Å²) >= 11 is 5.86. The molecular formula is C19H18ClN3O2. The number of nitrogens with zero attached hydrogens (tertiary/aromatic N) is 2. The maximum absolute atomic E-state index is 12.0. The number of aromatic nitrogens is 2. The molecule has 128 valence electrons. The summed E-state index contributed by atoms with van der Waals surface area (Å²) in [5.74, 6) is 0.814. The minimum Gasteiger partial charge on any atom is -0.421 e. The van der Waals surface area contributed by atoms with Crippen molar-refractivity contribution in [3.05, 3.63) is 70.6 Å². The van der Waals surface area contributed by atoms with E-state index in [2.05, 4.69) is 15.5 Å². The predicted molar refractivity (Wildman–Crippen MR) is 96.1 cm³/mol. The van der Waals surface area contributed by atoms with Crippen LogP contribution in [-0.2, 0) is 17.8 Å². The Kier molecular flexibility index (Phi) is 5.46. The van der Waals surface area contributed by atoms with E-state index in [1.54, 1.807) is 12.1 Å². The van der Waals surface area contributed by atoms with Crippen LogP contribution in [-0.4, -0.2) is 16.1 Å². The SMILES string of the molecule is Cc1ccc(CNC(=O)CCc2nnc(-c3ccc(Cl)cc3)o2)cc1. The van der Waals surface area contributed by atoms with Crippen molar-refractivity contribution in [2.24, 2.45) is 0 Å². The fourth-order valence-electron chi connectivity index (χ4n) is 2.28. The van der Waals surface area contributed by atoms with Crippen LogP contribution in [0, 0.1) is 6.92 Å². The highest BCUT2D eigenvalue weighted by molar-refractivity contribution is 6.30. The minimum atomic E-state index is -0.0492. The number of nitrogens with one attached hydrogen (secondary N) is 1. The number of carbonyl (C=O) groups is 1. The van der Waals surface area contributed by atoms with Crippen LogP contribution in [0.4, 0.5) is 0 Å². The molecule has 25 heavy (non-hydrogen) atoms. The Labute approximate surface area is 151 Å². The van der Waals surface area contributed by atoms with E-state index < -0.39 is 0 Å². The average molecular weight is 356 g/mol. The van der Waals surface area contributed by atoms with E-state index >= 15 is 0 Å². The predicted octanol–water partition coefficient (Wildman–Crippen LogP) is 3.95. The van der Waals surface area contributed by atoms with Gasteiger partial charge in [0.15, 0.2) is 0 Å².